The van der Waals surface area contributed by atoms with Gasteiger partial charge in [0.2, 0.25) is 5.91 Å². The normalized spacial score (nSPS) is 27.4. The fraction of sp³-hybridized carbons (Fsp3) is 0.533. The third kappa shape index (κ3) is 5.89. The first kappa shape index (κ1) is 27.4. The Kier molecular flexibility index (Phi) is 8.07. The van der Waals surface area contributed by atoms with Crippen LogP contribution in [0.5, 0.6) is 5.75 Å². The van der Waals surface area contributed by atoms with Crippen LogP contribution in [0.2, 0.25) is 10.0 Å². The first-order valence-corrected chi connectivity index (χ1v) is 14.3. The summed E-state index contributed by atoms with van der Waals surface area (Å²) in [6.45, 7) is 4.28. The van der Waals surface area contributed by atoms with Crippen LogP contribution >= 0.6 is 23.2 Å². The second kappa shape index (κ2) is 11.2. The van der Waals surface area contributed by atoms with E-state index in [1.165, 1.54) is 19.8 Å². The number of piperidine rings is 1. The van der Waals surface area contributed by atoms with Gasteiger partial charge in [0.15, 0.2) is 0 Å². The summed E-state index contributed by atoms with van der Waals surface area (Å²) in [6.07, 6.45) is 4.44. The van der Waals surface area contributed by atoms with E-state index < -0.39 is 6.10 Å². The zero-order valence-corrected chi connectivity index (χ0v) is 23.5. The number of hydrogen-bond donors (Lipinski definition) is 1. The quantitative estimate of drug-likeness (QED) is 0.377. The maximum atomic E-state index is 13.4. The van der Waals surface area contributed by atoms with Gasteiger partial charge in [0.1, 0.15) is 5.75 Å². The molecule has 6 nitrogen and oxygen atoms in total. The van der Waals surface area contributed by atoms with E-state index in [4.69, 9.17) is 27.9 Å². The number of aliphatic hydroxyl groups is 1. The zero-order valence-electron chi connectivity index (χ0n) is 22.0. The molecule has 5 rings (SSSR count). The minimum absolute atomic E-state index is 0.0194. The van der Waals surface area contributed by atoms with Crippen LogP contribution in [0.3, 0.4) is 0 Å². The van der Waals surface area contributed by atoms with Crippen LogP contribution in [0.25, 0.3) is 0 Å². The molecule has 1 aliphatic heterocycles. The molecule has 0 radical (unpaired) electrons. The van der Waals surface area contributed by atoms with Gasteiger partial charge in [-0.15, -0.1) is 0 Å². The number of amides is 1. The largest absolute Gasteiger partial charge is 0.427 e. The number of likely N-dealkylation sites (N-methyl/N-ethyl adjacent to an activating group) is 1. The Morgan fingerprint density at radius 2 is 1.95 bits per heavy atom. The number of carbonyl (C=O) groups is 2. The Morgan fingerprint density at radius 3 is 2.66 bits per heavy atom. The van der Waals surface area contributed by atoms with Crippen molar-refractivity contribution in [3.8, 4) is 5.75 Å². The van der Waals surface area contributed by atoms with Crippen LogP contribution in [0, 0.1) is 11.8 Å². The second-order valence-corrected chi connectivity index (χ2v) is 12.2. The van der Waals surface area contributed by atoms with Crippen LogP contribution in [0.1, 0.15) is 50.2 Å². The molecule has 4 atom stereocenters. The van der Waals surface area contributed by atoms with Crippen molar-refractivity contribution in [3.05, 3.63) is 63.6 Å². The standard InChI is InChI=1S/C30H36Cl2N2O4/c1-19(35)38-24-5-3-4-22(14-24)30-10-11-34(17-20-6-7-20)18-25(30)28(36)15-23(16-30)33(2)29(37)13-21-8-9-26(31)27(32)12-21/h3-5,8-9,12,14,20,23,25,28,36H,6-7,10-11,13,15-18H2,1-2H3/t23-,25+,28?,30+/m1/s1. The van der Waals surface area contributed by atoms with E-state index in [0.717, 1.165) is 49.5 Å². The summed E-state index contributed by atoms with van der Waals surface area (Å²) < 4.78 is 5.43. The lowest BCUT2D eigenvalue weighted by Gasteiger charge is -2.56. The van der Waals surface area contributed by atoms with Crippen molar-refractivity contribution in [2.75, 3.05) is 26.7 Å². The first-order chi connectivity index (χ1) is 18.1. The Hall–Kier alpha value is -2.12. The van der Waals surface area contributed by atoms with E-state index in [2.05, 4.69) is 11.0 Å². The summed E-state index contributed by atoms with van der Waals surface area (Å²) >= 11 is 12.2. The minimum Gasteiger partial charge on any atom is -0.427 e. The topological polar surface area (TPSA) is 70.1 Å². The molecule has 0 bridgehead atoms. The lowest BCUT2D eigenvalue weighted by atomic mass is 9.56. The highest BCUT2D eigenvalue weighted by Crippen LogP contribution is 2.51. The summed E-state index contributed by atoms with van der Waals surface area (Å²) in [5.74, 6) is 0.966. The minimum atomic E-state index is -0.548. The average Bonchev–Trinajstić information content (AvgIpc) is 3.70. The molecule has 1 unspecified atom stereocenters. The van der Waals surface area contributed by atoms with E-state index >= 15 is 0 Å². The molecule has 8 heteroatoms. The van der Waals surface area contributed by atoms with E-state index in [9.17, 15) is 14.7 Å². The number of benzene rings is 2. The summed E-state index contributed by atoms with van der Waals surface area (Å²) in [4.78, 5) is 29.4. The van der Waals surface area contributed by atoms with Crippen molar-refractivity contribution in [3.63, 3.8) is 0 Å². The van der Waals surface area contributed by atoms with Crippen molar-refractivity contribution >= 4 is 35.1 Å². The molecule has 204 valence electrons. The number of aliphatic hydroxyl groups excluding tert-OH is 1. The van der Waals surface area contributed by atoms with Crippen molar-refractivity contribution in [2.24, 2.45) is 11.8 Å². The summed E-state index contributed by atoms with van der Waals surface area (Å²) in [7, 11) is 1.84. The van der Waals surface area contributed by atoms with Crippen molar-refractivity contribution < 1.29 is 19.4 Å². The summed E-state index contributed by atoms with van der Waals surface area (Å²) in [5.41, 5.74) is 1.56. The van der Waals surface area contributed by atoms with Gasteiger partial charge in [-0.25, -0.2) is 0 Å². The zero-order chi connectivity index (χ0) is 27.0. The Bertz CT molecular complexity index is 1200. The van der Waals surface area contributed by atoms with Crippen LogP contribution in [0.4, 0.5) is 0 Å². The van der Waals surface area contributed by atoms with Gasteiger partial charge < -0.3 is 19.6 Å². The van der Waals surface area contributed by atoms with Crippen LogP contribution in [0.15, 0.2) is 42.5 Å². The lowest BCUT2D eigenvalue weighted by Crippen LogP contribution is -2.61. The highest BCUT2D eigenvalue weighted by Gasteiger charge is 2.53. The predicted molar refractivity (Wildman–Crippen MR) is 149 cm³/mol. The van der Waals surface area contributed by atoms with Gasteiger partial charge in [0, 0.05) is 44.4 Å². The van der Waals surface area contributed by atoms with E-state index in [1.807, 2.05) is 25.2 Å². The maximum Gasteiger partial charge on any atom is 0.308 e. The molecule has 3 aliphatic rings. The number of likely N-dealkylation sites (tertiary alicyclic amines) is 1. The van der Waals surface area contributed by atoms with Gasteiger partial charge in [-0.2, -0.15) is 0 Å². The highest BCUT2D eigenvalue weighted by atomic mass is 35.5. The molecule has 0 aromatic heterocycles. The number of carbonyl (C=O) groups excluding carboxylic acids is 2. The monoisotopic (exact) mass is 558 g/mol. The summed E-state index contributed by atoms with van der Waals surface area (Å²) in [6, 6.07) is 12.9. The Labute approximate surface area is 234 Å². The highest BCUT2D eigenvalue weighted by molar-refractivity contribution is 6.42. The molecule has 1 N–H and O–H groups in total. The molecule has 1 saturated heterocycles. The molecule has 2 saturated carbocycles. The Balaban J connectivity index is 1.41. The lowest BCUT2D eigenvalue weighted by molar-refractivity contribution is -0.136. The predicted octanol–water partition coefficient (Wildman–Crippen LogP) is 5.11. The maximum absolute atomic E-state index is 13.4. The fourth-order valence-corrected chi connectivity index (χ4v) is 6.89. The number of hydrogen-bond acceptors (Lipinski definition) is 5. The Morgan fingerprint density at radius 1 is 1.16 bits per heavy atom. The fourth-order valence-electron chi connectivity index (χ4n) is 6.57. The molecular weight excluding hydrogens is 523 g/mol. The number of esters is 1. The van der Waals surface area contributed by atoms with E-state index in [1.54, 1.807) is 23.1 Å². The van der Waals surface area contributed by atoms with Crippen LogP contribution < -0.4 is 4.74 Å². The van der Waals surface area contributed by atoms with Crippen molar-refractivity contribution in [2.45, 2.75) is 63.0 Å². The van der Waals surface area contributed by atoms with E-state index in [-0.39, 0.29) is 35.7 Å². The molecule has 2 aliphatic carbocycles. The van der Waals surface area contributed by atoms with Gasteiger partial charge in [-0.3, -0.25) is 9.59 Å². The van der Waals surface area contributed by atoms with Crippen molar-refractivity contribution in [1.82, 2.24) is 9.80 Å². The van der Waals surface area contributed by atoms with Crippen molar-refractivity contribution in [1.29, 1.82) is 0 Å². The molecule has 1 heterocycles. The number of rotatable bonds is 7. The number of fused-ring (bicyclic) bond motifs is 1. The molecule has 3 fully saturated rings. The third-order valence-corrected chi connectivity index (χ3v) is 9.52. The number of halogens is 2. The number of nitrogens with zero attached hydrogens (tertiary/aromatic N) is 2. The van der Waals surface area contributed by atoms with Gasteiger partial charge in [0.05, 0.1) is 22.6 Å². The number of ether oxygens (including phenoxy) is 1. The SMILES string of the molecule is CC(=O)Oc1cccc([C@@]23CCN(CC4CC4)C[C@H]2C(O)C[C@@H](N(C)C(=O)Cc2ccc(Cl)c(Cl)c2)C3)c1. The molecule has 2 aromatic carbocycles. The average molecular weight is 560 g/mol. The van der Waals surface area contributed by atoms with Gasteiger partial charge in [-0.05, 0) is 80.0 Å². The van der Waals surface area contributed by atoms with Gasteiger partial charge >= 0.3 is 5.97 Å². The van der Waals surface area contributed by atoms with Gasteiger partial charge in [-0.1, -0.05) is 41.4 Å². The molecule has 38 heavy (non-hydrogen) atoms. The van der Waals surface area contributed by atoms with Gasteiger partial charge in [0.25, 0.3) is 0 Å². The third-order valence-electron chi connectivity index (χ3n) is 8.78. The van der Waals surface area contributed by atoms with E-state index in [0.29, 0.717) is 22.2 Å². The molecular formula is C30H36Cl2N2O4. The first-order valence-electron chi connectivity index (χ1n) is 13.5. The molecule has 0 spiro atoms. The second-order valence-electron chi connectivity index (χ2n) is 11.4. The molecule has 1 amide bonds. The smallest absolute Gasteiger partial charge is 0.308 e. The summed E-state index contributed by atoms with van der Waals surface area (Å²) in [5, 5.41) is 12.5. The van der Waals surface area contributed by atoms with Crippen LogP contribution in [-0.2, 0) is 21.4 Å². The molecule has 2 aromatic rings. The van der Waals surface area contributed by atoms with Crippen LogP contribution in [-0.4, -0.2) is 65.6 Å².